The molecule has 0 radical (unpaired) electrons. The topological polar surface area (TPSA) is 87.5 Å². The van der Waals surface area contributed by atoms with Gasteiger partial charge in [-0.1, -0.05) is 6.42 Å². The summed E-state index contributed by atoms with van der Waals surface area (Å²) in [7, 11) is 1.94. The van der Waals surface area contributed by atoms with Crippen molar-refractivity contribution < 1.29 is 0 Å². The third-order valence-corrected chi connectivity index (χ3v) is 6.57. The normalized spacial score (nSPS) is 16.8. The second-order valence-corrected chi connectivity index (χ2v) is 8.81. The molecule has 2 N–H and O–H groups in total. The Bertz CT molecular complexity index is 1200. The van der Waals surface area contributed by atoms with Gasteiger partial charge in [0.25, 0.3) is 0 Å². The fourth-order valence-corrected chi connectivity index (χ4v) is 4.98. The van der Waals surface area contributed by atoms with Crippen LogP contribution in [0.5, 0.6) is 0 Å². The zero-order valence-electron chi connectivity index (χ0n) is 17.6. The van der Waals surface area contributed by atoms with Gasteiger partial charge in [-0.25, -0.2) is 19.9 Å². The molecular formula is C22H26N8S. The first-order chi connectivity index (χ1) is 15.3. The molecule has 4 aromatic rings. The van der Waals surface area contributed by atoms with Crippen molar-refractivity contribution in [1.29, 1.82) is 0 Å². The van der Waals surface area contributed by atoms with Crippen molar-refractivity contribution in [3.05, 3.63) is 48.9 Å². The summed E-state index contributed by atoms with van der Waals surface area (Å²) in [6.07, 6.45) is 13.5. The van der Waals surface area contributed by atoms with Gasteiger partial charge in [0.05, 0.1) is 6.33 Å². The number of aromatic amines is 1. The zero-order chi connectivity index (χ0) is 21.0. The lowest BCUT2D eigenvalue weighted by Crippen LogP contribution is -2.24. The summed E-state index contributed by atoms with van der Waals surface area (Å²) in [6, 6.07) is 4.13. The molecule has 0 spiro atoms. The fraction of sp³-hybridized carbons (Fsp3) is 0.364. The first-order valence-electron chi connectivity index (χ1n) is 10.7. The largest absolute Gasteiger partial charge is 0.346 e. The highest BCUT2D eigenvalue weighted by Gasteiger charge is 2.20. The monoisotopic (exact) mass is 434 g/mol. The van der Waals surface area contributed by atoms with E-state index in [1.807, 2.05) is 35.8 Å². The van der Waals surface area contributed by atoms with Crippen LogP contribution in [0.15, 0.2) is 43.4 Å². The number of piperidine rings is 1. The number of imidazole rings is 1. The maximum absolute atomic E-state index is 4.49. The number of pyridine rings is 1. The minimum absolute atomic E-state index is 0.828. The van der Waals surface area contributed by atoms with E-state index < -0.39 is 0 Å². The smallest absolute Gasteiger partial charge is 0.165 e. The summed E-state index contributed by atoms with van der Waals surface area (Å²) in [5, 5.41) is 4.42. The summed E-state index contributed by atoms with van der Waals surface area (Å²) < 4.78 is 1.91. The van der Waals surface area contributed by atoms with E-state index in [-0.39, 0.29) is 0 Å². The van der Waals surface area contributed by atoms with Gasteiger partial charge in [-0.3, -0.25) is 0 Å². The van der Waals surface area contributed by atoms with E-state index in [0.29, 0.717) is 0 Å². The van der Waals surface area contributed by atoms with Gasteiger partial charge in [0, 0.05) is 53.8 Å². The molecule has 0 aliphatic carbocycles. The number of nitrogens with zero attached hydrogens (tertiary/aromatic N) is 6. The van der Waals surface area contributed by atoms with E-state index in [1.165, 1.54) is 42.8 Å². The molecule has 8 nitrogen and oxygen atoms in total. The number of aromatic nitrogens is 6. The second-order valence-electron chi connectivity index (χ2n) is 7.67. The lowest BCUT2D eigenvalue weighted by molar-refractivity contribution is 0.520. The van der Waals surface area contributed by atoms with Gasteiger partial charge in [0.2, 0.25) is 0 Å². The maximum atomic E-state index is 4.49. The van der Waals surface area contributed by atoms with E-state index in [9.17, 15) is 0 Å². The van der Waals surface area contributed by atoms with Crippen molar-refractivity contribution in [3.63, 3.8) is 0 Å². The van der Waals surface area contributed by atoms with Gasteiger partial charge in [-0.2, -0.15) is 0 Å². The highest BCUT2D eigenvalue weighted by molar-refractivity contribution is 8.08. The Balaban J connectivity index is 0.000000296. The Hall–Kier alpha value is -2.91. The van der Waals surface area contributed by atoms with Gasteiger partial charge < -0.3 is 19.8 Å². The average molecular weight is 435 g/mol. The Morgan fingerprint density at radius 1 is 1.03 bits per heavy atom. The molecule has 6 heterocycles. The van der Waals surface area contributed by atoms with E-state index in [2.05, 4.69) is 53.5 Å². The average Bonchev–Trinajstić information content (AvgIpc) is 3.47. The van der Waals surface area contributed by atoms with Crippen LogP contribution in [0.1, 0.15) is 24.8 Å². The van der Waals surface area contributed by atoms with Crippen LogP contribution in [-0.4, -0.2) is 54.9 Å². The molecule has 0 aromatic carbocycles. The van der Waals surface area contributed by atoms with Crippen LogP contribution in [0.25, 0.3) is 27.1 Å². The molecule has 0 saturated carbocycles. The number of hydrogen-bond acceptors (Lipinski definition) is 7. The summed E-state index contributed by atoms with van der Waals surface area (Å²) in [6.45, 7) is 3.39. The maximum Gasteiger partial charge on any atom is 0.165 e. The van der Waals surface area contributed by atoms with Crippen LogP contribution >= 0.6 is 11.8 Å². The summed E-state index contributed by atoms with van der Waals surface area (Å²) in [4.78, 5) is 24.2. The predicted octanol–water partition coefficient (Wildman–Crippen LogP) is 3.55. The second kappa shape index (κ2) is 9.07. The van der Waals surface area contributed by atoms with Crippen LogP contribution < -0.4 is 10.2 Å². The molecule has 0 bridgehead atoms. The number of fused-ring (bicyclic) bond motifs is 2. The predicted molar refractivity (Wildman–Crippen MR) is 127 cm³/mol. The van der Waals surface area contributed by atoms with E-state index in [4.69, 9.17) is 0 Å². The quantitative estimate of drug-likeness (QED) is 0.499. The number of thioether (sulfide) groups is 1. The van der Waals surface area contributed by atoms with Crippen LogP contribution in [0.3, 0.4) is 0 Å². The number of anilines is 1. The minimum Gasteiger partial charge on any atom is -0.346 e. The van der Waals surface area contributed by atoms with Crippen LogP contribution in [0.4, 0.5) is 5.82 Å². The van der Waals surface area contributed by atoms with Crippen molar-refractivity contribution >= 4 is 44.7 Å². The SMILES string of the molecule is C1CCNCC1.Cn1cnc2c(N3C=C(c4ccnc5[nH]ccc45)SCC3)ncnc21. The molecular weight excluding hydrogens is 408 g/mol. The van der Waals surface area contributed by atoms with Crippen molar-refractivity contribution in [2.75, 3.05) is 30.3 Å². The van der Waals surface area contributed by atoms with Gasteiger partial charge in [-0.15, -0.1) is 11.8 Å². The van der Waals surface area contributed by atoms with Gasteiger partial charge in [0.15, 0.2) is 17.0 Å². The van der Waals surface area contributed by atoms with Crippen LogP contribution in [-0.2, 0) is 7.05 Å². The number of aryl methyl sites for hydroxylation is 1. The van der Waals surface area contributed by atoms with Crippen LogP contribution in [0.2, 0.25) is 0 Å². The standard InChI is InChI=1S/C17H15N7S.C5H11N/c1-23-10-22-14-16(23)20-9-21-17(14)24-6-7-25-13(8-24)11-2-4-18-15-12(11)3-5-19-15;1-2-4-6-5-3-1/h2-5,8-10H,6-7H2,1H3,(H,18,19);6H,1-5H2. The van der Waals surface area contributed by atoms with Crippen LogP contribution in [0, 0.1) is 0 Å². The van der Waals surface area contributed by atoms with Gasteiger partial charge in [0.1, 0.15) is 12.0 Å². The third-order valence-electron chi connectivity index (χ3n) is 5.55. The number of rotatable bonds is 2. The van der Waals surface area contributed by atoms with Crippen molar-refractivity contribution in [2.45, 2.75) is 19.3 Å². The van der Waals surface area contributed by atoms with Crippen molar-refractivity contribution in [3.8, 4) is 0 Å². The number of H-pyrrole nitrogens is 1. The van der Waals surface area contributed by atoms with E-state index in [1.54, 1.807) is 12.7 Å². The summed E-state index contributed by atoms with van der Waals surface area (Å²) in [5.74, 6) is 1.83. The third kappa shape index (κ3) is 4.15. The molecule has 0 amide bonds. The molecule has 0 unspecified atom stereocenters. The number of hydrogen-bond donors (Lipinski definition) is 2. The molecule has 2 aliphatic heterocycles. The highest BCUT2D eigenvalue weighted by atomic mass is 32.2. The molecule has 160 valence electrons. The lowest BCUT2D eigenvalue weighted by atomic mass is 10.2. The lowest BCUT2D eigenvalue weighted by Gasteiger charge is -2.25. The molecule has 9 heteroatoms. The van der Waals surface area contributed by atoms with E-state index >= 15 is 0 Å². The van der Waals surface area contributed by atoms with E-state index in [0.717, 1.165) is 40.3 Å². The molecule has 6 rings (SSSR count). The summed E-state index contributed by atoms with van der Waals surface area (Å²) in [5.41, 5.74) is 3.77. The summed E-state index contributed by atoms with van der Waals surface area (Å²) >= 11 is 1.85. The van der Waals surface area contributed by atoms with Crippen molar-refractivity contribution in [2.24, 2.45) is 7.05 Å². The molecule has 2 aliphatic rings. The fourth-order valence-electron chi connectivity index (χ4n) is 3.93. The van der Waals surface area contributed by atoms with Gasteiger partial charge in [-0.05, 0) is 38.1 Å². The molecule has 1 fully saturated rings. The number of nitrogens with one attached hydrogen (secondary N) is 2. The molecule has 1 saturated heterocycles. The first kappa shape index (κ1) is 20.0. The Kier molecular flexibility index (Phi) is 5.86. The highest BCUT2D eigenvalue weighted by Crippen LogP contribution is 2.36. The molecule has 4 aromatic heterocycles. The van der Waals surface area contributed by atoms with Crippen molar-refractivity contribution in [1.82, 2.24) is 34.8 Å². The Morgan fingerprint density at radius 3 is 2.74 bits per heavy atom. The first-order valence-corrected chi connectivity index (χ1v) is 11.7. The minimum atomic E-state index is 0.828. The Morgan fingerprint density at radius 2 is 1.94 bits per heavy atom. The molecule has 0 atom stereocenters. The Labute approximate surface area is 185 Å². The zero-order valence-corrected chi connectivity index (χ0v) is 18.4. The molecule has 31 heavy (non-hydrogen) atoms. The van der Waals surface area contributed by atoms with Gasteiger partial charge >= 0.3 is 0 Å².